The van der Waals surface area contributed by atoms with Gasteiger partial charge in [-0.1, -0.05) is 5.92 Å². The Balaban J connectivity index is 1.35. The first-order valence-electron chi connectivity index (χ1n) is 10.9. The van der Waals surface area contributed by atoms with E-state index in [0.29, 0.717) is 35.9 Å². The number of aliphatic hydroxyl groups excluding tert-OH is 1. The predicted octanol–water partition coefficient (Wildman–Crippen LogP) is 4.00. The first kappa shape index (κ1) is 22.3. The molecule has 6 nitrogen and oxygen atoms in total. The van der Waals surface area contributed by atoms with Crippen LogP contribution in [0.2, 0.25) is 0 Å². The Morgan fingerprint density at radius 1 is 1.31 bits per heavy atom. The van der Waals surface area contributed by atoms with E-state index in [2.05, 4.69) is 26.7 Å². The van der Waals surface area contributed by atoms with Gasteiger partial charge in [-0.15, -0.1) is 0 Å². The van der Waals surface area contributed by atoms with E-state index in [0.717, 1.165) is 36.8 Å². The molecular formula is C25H28FN3O3. The van der Waals surface area contributed by atoms with Gasteiger partial charge in [-0.25, -0.2) is 9.37 Å². The van der Waals surface area contributed by atoms with Crippen molar-refractivity contribution in [2.75, 3.05) is 33.4 Å². The van der Waals surface area contributed by atoms with Crippen molar-refractivity contribution in [2.45, 2.75) is 25.4 Å². The molecule has 32 heavy (non-hydrogen) atoms. The normalized spacial score (nSPS) is 20.0. The number of piperidine rings is 1. The number of ether oxygens (including phenoxy) is 1. The van der Waals surface area contributed by atoms with Gasteiger partial charge in [0.05, 0.1) is 19.2 Å². The minimum absolute atomic E-state index is 0.101. The summed E-state index contributed by atoms with van der Waals surface area (Å²) in [6.45, 7) is 2.37. The van der Waals surface area contributed by atoms with E-state index in [-0.39, 0.29) is 12.5 Å². The van der Waals surface area contributed by atoms with E-state index in [4.69, 9.17) is 9.15 Å². The molecule has 1 aliphatic heterocycles. The van der Waals surface area contributed by atoms with Crippen molar-refractivity contribution in [1.82, 2.24) is 14.9 Å². The van der Waals surface area contributed by atoms with Crippen molar-refractivity contribution in [2.24, 2.45) is 11.8 Å². The third kappa shape index (κ3) is 5.26. The number of hydrogen-bond acceptors (Lipinski definition) is 6. The average Bonchev–Trinajstić information content (AvgIpc) is 3.35. The second-order valence-corrected chi connectivity index (χ2v) is 8.23. The Morgan fingerprint density at radius 3 is 3.00 bits per heavy atom. The molecule has 0 aliphatic carbocycles. The average molecular weight is 438 g/mol. The van der Waals surface area contributed by atoms with Gasteiger partial charge < -0.3 is 14.3 Å². The molecule has 7 heteroatoms. The molecule has 3 heterocycles. The number of methoxy groups -OCH3 is 1. The SMILES string of the molecule is COc1ccc2nccc([C@@H](F)CC[C@@H]3CCN(CC#Cc4cocn4)C[C@@H]3CO)c2c1. The van der Waals surface area contributed by atoms with Crippen LogP contribution in [0.25, 0.3) is 10.9 Å². The first-order chi connectivity index (χ1) is 15.7. The van der Waals surface area contributed by atoms with Gasteiger partial charge in [-0.05, 0) is 73.4 Å². The van der Waals surface area contributed by atoms with E-state index in [1.54, 1.807) is 19.4 Å². The number of hydrogen-bond donors (Lipinski definition) is 1. The predicted molar refractivity (Wildman–Crippen MR) is 120 cm³/mol. The largest absolute Gasteiger partial charge is 0.497 e. The van der Waals surface area contributed by atoms with E-state index in [9.17, 15) is 5.11 Å². The maximum absolute atomic E-state index is 15.3. The van der Waals surface area contributed by atoms with Gasteiger partial charge in [-0.3, -0.25) is 9.88 Å². The van der Waals surface area contributed by atoms with E-state index >= 15 is 4.39 Å². The Hall–Kier alpha value is -2.95. The number of aromatic nitrogens is 2. The van der Waals surface area contributed by atoms with Gasteiger partial charge in [0.2, 0.25) is 0 Å². The summed E-state index contributed by atoms with van der Waals surface area (Å²) in [5, 5.41) is 10.7. The Bertz CT molecular complexity index is 1080. The molecule has 0 bridgehead atoms. The molecule has 1 aromatic carbocycles. The minimum Gasteiger partial charge on any atom is -0.497 e. The van der Waals surface area contributed by atoms with Gasteiger partial charge in [0.15, 0.2) is 12.1 Å². The molecule has 0 amide bonds. The molecule has 1 aliphatic rings. The zero-order valence-electron chi connectivity index (χ0n) is 18.2. The number of halogens is 1. The fourth-order valence-electron chi connectivity index (χ4n) is 4.47. The molecule has 3 atom stereocenters. The lowest BCUT2D eigenvalue weighted by atomic mass is 9.81. The fraction of sp³-hybridized carbons (Fsp3) is 0.440. The summed E-state index contributed by atoms with van der Waals surface area (Å²) in [6.07, 6.45) is 5.53. The van der Waals surface area contributed by atoms with Crippen LogP contribution in [0.5, 0.6) is 5.75 Å². The summed E-state index contributed by atoms with van der Waals surface area (Å²) in [5.41, 5.74) is 2.03. The highest BCUT2D eigenvalue weighted by atomic mass is 19.1. The molecule has 0 unspecified atom stereocenters. The summed E-state index contributed by atoms with van der Waals surface area (Å²) >= 11 is 0. The first-order valence-corrected chi connectivity index (χ1v) is 10.9. The zero-order chi connectivity index (χ0) is 22.3. The van der Waals surface area contributed by atoms with Crippen molar-refractivity contribution >= 4 is 10.9 Å². The highest BCUT2D eigenvalue weighted by Gasteiger charge is 2.29. The quantitative estimate of drug-likeness (QED) is 0.564. The number of alkyl halides is 1. The number of pyridine rings is 1. The highest BCUT2D eigenvalue weighted by molar-refractivity contribution is 5.83. The van der Waals surface area contributed by atoms with Crippen molar-refractivity contribution in [3.8, 4) is 17.6 Å². The minimum atomic E-state index is -1.08. The van der Waals surface area contributed by atoms with Crippen LogP contribution in [0.1, 0.15) is 36.7 Å². The standard InChI is InChI=1S/C25H28FN3O3/c1-31-21-5-7-25-23(13-21)22(8-10-27-25)24(26)6-4-18-9-12-29(14-19(18)15-30)11-2-3-20-16-32-17-28-20/h5,7-8,10,13,16-19,24,30H,4,6,9,11-12,14-15H2,1H3/t18-,19-,24+/m1/s1. The molecule has 0 radical (unpaired) electrons. The van der Waals surface area contributed by atoms with Crippen LogP contribution in [0.3, 0.4) is 0 Å². The van der Waals surface area contributed by atoms with Crippen molar-refractivity contribution in [1.29, 1.82) is 0 Å². The highest BCUT2D eigenvalue weighted by Crippen LogP contribution is 2.35. The van der Waals surface area contributed by atoms with Crippen LogP contribution in [-0.2, 0) is 0 Å². The Kier molecular flexibility index (Phi) is 7.35. The number of nitrogens with zero attached hydrogens (tertiary/aromatic N) is 3. The Labute approximate surface area is 187 Å². The molecule has 4 rings (SSSR count). The number of rotatable bonds is 7. The molecule has 1 saturated heterocycles. The third-order valence-electron chi connectivity index (χ3n) is 6.27. The van der Waals surface area contributed by atoms with Crippen LogP contribution in [0, 0.1) is 23.7 Å². The topological polar surface area (TPSA) is 71.6 Å². The lowest BCUT2D eigenvalue weighted by Crippen LogP contribution is -2.42. The van der Waals surface area contributed by atoms with Crippen LogP contribution in [-0.4, -0.2) is 53.3 Å². The third-order valence-corrected chi connectivity index (χ3v) is 6.27. The summed E-state index contributed by atoms with van der Waals surface area (Å²) in [5.74, 6) is 7.19. The van der Waals surface area contributed by atoms with Crippen molar-refractivity contribution in [3.05, 3.63) is 54.4 Å². The molecule has 0 saturated carbocycles. The molecule has 1 fully saturated rings. The summed E-state index contributed by atoms with van der Waals surface area (Å²) in [7, 11) is 1.60. The van der Waals surface area contributed by atoms with E-state index in [1.165, 1.54) is 12.7 Å². The fourth-order valence-corrected chi connectivity index (χ4v) is 4.47. The van der Waals surface area contributed by atoms with Gasteiger partial charge in [0.1, 0.15) is 18.2 Å². The van der Waals surface area contributed by atoms with E-state index in [1.807, 2.05) is 18.2 Å². The second-order valence-electron chi connectivity index (χ2n) is 8.23. The van der Waals surface area contributed by atoms with Crippen molar-refractivity contribution in [3.63, 3.8) is 0 Å². The number of oxazole rings is 1. The molecular weight excluding hydrogens is 409 g/mol. The van der Waals surface area contributed by atoms with Crippen molar-refractivity contribution < 1.29 is 18.7 Å². The Morgan fingerprint density at radius 2 is 2.22 bits per heavy atom. The number of aliphatic hydroxyl groups is 1. The summed E-state index contributed by atoms with van der Waals surface area (Å²) in [6, 6.07) is 7.29. The lowest BCUT2D eigenvalue weighted by molar-refractivity contribution is 0.0708. The van der Waals surface area contributed by atoms with Gasteiger partial charge in [0, 0.05) is 24.7 Å². The second kappa shape index (κ2) is 10.6. The molecule has 1 N–H and O–H groups in total. The van der Waals surface area contributed by atoms with Crippen LogP contribution in [0.15, 0.2) is 47.5 Å². The summed E-state index contributed by atoms with van der Waals surface area (Å²) in [4.78, 5) is 10.6. The maximum atomic E-state index is 15.3. The molecule has 168 valence electrons. The van der Waals surface area contributed by atoms with Crippen LogP contribution >= 0.6 is 0 Å². The lowest BCUT2D eigenvalue weighted by Gasteiger charge is -2.37. The molecule has 0 spiro atoms. The number of benzene rings is 1. The molecule has 2 aromatic heterocycles. The van der Waals surface area contributed by atoms with Gasteiger partial charge in [0.25, 0.3) is 0 Å². The van der Waals surface area contributed by atoms with E-state index < -0.39 is 6.17 Å². The molecule has 3 aromatic rings. The monoisotopic (exact) mass is 437 g/mol. The number of fused-ring (bicyclic) bond motifs is 1. The smallest absolute Gasteiger partial charge is 0.181 e. The van der Waals surface area contributed by atoms with Gasteiger partial charge in [-0.2, -0.15) is 0 Å². The zero-order valence-corrected chi connectivity index (χ0v) is 18.2. The van der Waals surface area contributed by atoms with Gasteiger partial charge >= 0.3 is 0 Å². The van der Waals surface area contributed by atoms with Crippen LogP contribution < -0.4 is 4.74 Å². The maximum Gasteiger partial charge on any atom is 0.181 e. The summed E-state index contributed by atoms with van der Waals surface area (Å²) < 4.78 is 25.5. The van der Waals surface area contributed by atoms with Crippen LogP contribution in [0.4, 0.5) is 4.39 Å². The number of likely N-dealkylation sites (tertiary alicyclic amines) is 1.